The lowest BCUT2D eigenvalue weighted by atomic mass is 10.2. The van der Waals surface area contributed by atoms with Crippen LogP contribution in [0.5, 0.6) is 5.88 Å². The number of fused-ring (bicyclic) bond motifs is 1. The Morgan fingerprint density at radius 1 is 1.18 bits per heavy atom. The summed E-state index contributed by atoms with van der Waals surface area (Å²) in [6.07, 6.45) is 5.12. The van der Waals surface area contributed by atoms with Gasteiger partial charge in [0.15, 0.2) is 17.3 Å². The third-order valence-corrected chi connectivity index (χ3v) is 6.22. The van der Waals surface area contributed by atoms with Crippen molar-refractivity contribution in [1.82, 2.24) is 40.0 Å². The highest BCUT2D eigenvalue weighted by Crippen LogP contribution is 2.29. The monoisotopic (exact) mass is 487 g/mol. The van der Waals surface area contributed by atoms with Gasteiger partial charge in [-0.05, 0) is 18.2 Å². The molecule has 0 spiro atoms. The summed E-state index contributed by atoms with van der Waals surface area (Å²) in [4.78, 5) is 4.04. The van der Waals surface area contributed by atoms with Crippen molar-refractivity contribution in [1.29, 1.82) is 0 Å². The zero-order valence-electron chi connectivity index (χ0n) is 17.6. The van der Waals surface area contributed by atoms with Crippen molar-refractivity contribution in [3.8, 4) is 22.8 Å². The Morgan fingerprint density at radius 3 is 2.74 bits per heavy atom. The maximum atomic E-state index is 15.2. The molecule has 12 nitrogen and oxygen atoms in total. The fourth-order valence-corrected chi connectivity index (χ4v) is 4.30. The Balaban J connectivity index is 1.52. The van der Waals surface area contributed by atoms with Gasteiger partial charge in [-0.25, -0.2) is 26.9 Å². The van der Waals surface area contributed by atoms with E-state index < -0.39 is 33.0 Å². The van der Waals surface area contributed by atoms with Crippen LogP contribution in [-0.2, 0) is 17.1 Å². The zero-order chi connectivity index (χ0) is 24.0. The number of benzene rings is 1. The van der Waals surface area contributed by atoms with Gasteiger partial charge < -0.3 is 4.74 Å². The molecule has 0 aliphatic heterocycles. The molecule has 174 valence electrons. The van der Waals surface area contributed by atoms with E-state index in [9.17, 15) is 12.8 Å². The third-order valence-electron chi connectivity index (χ3n) is 4.90. The van der Waals surface area contributed by atoms with Gasteiger partial charge in [-0.2, -0.15) is 5.10 Å². The molecule has 0 amide bonds. The van der Waals surface area contributed by atoms with Crippen molar-refractivity contribution in [2.45, 2.75) is 4.90 Å². The van der Waals surface area contributed by atoms with Crippen LogP contribution >= 0.6 is 0 Å². The highest BCUT2D eigenvalue weighted by Gasteiger charge is 2.23. The number of anilines is 1. The first kappa shape index (κ1) is 21.4. The molecule has 0 radical (unpaired) electrons. The number of nitrogens with zero attached hydrogens (tertiary/aromatic N) is 7. The van der Waals surface area contributed by atoms with Crippen LogP contribution in [0.1, 0.15) is 0 Å². The molecule has 0 bridgehead atoms. The second-order valence-corrected chi connectivity index (χ2v) is 8.80. The Labute approximate surface area is 190 Å². The normalized spacial score (nSPS) is 11.8. The molecule has 4 aromatic heterocycles. The Morgan fingerprint density at radius 2 is 2.00 bits per heavy atom. The summed E-state index contributed by atoms with van der Waals surface area (Å²) < 4.78 is 64.3. The molecule has 0 aliphatic rings. The van der Waals surface area contributed by atoms with Crippen molar-refractivity contribution in [2.24, 2.45) is 7.05 Å². The number of hydrogen-bond acceptors (Lipinski definition) is 8. The van der Waals surface area contributed by atoms with Crippen molar-refractivity contribution in [2.75, 3.05) is 11.8 Å². The quantitative estimate of drug-likeness (QED) is 0.370. The number of rotatable bonds is 6. The highest BCUT2D eigenvalue weighted by atomic mass is 32.2. The van der Waals surface area contributed by atoms with E-state index in [2.05, 4.69) is 35.3 Å². The summed E-state index contributed by atoms with van der Waals surface area (Å²) in [6, 6.07) is 3.58. The van der Waals surface area contributed by atoms with E-state index in [4.69, 9.17) is 4.74 Å². The maximum absolute atomic E-state index is 15.2. The zero-order valence-corrected chi connectivity index (χ0v) is 18.4. The SMILES string of the molecule is COc1n[nH]c2ncc(-c3cn(-c4c(F)ccc(NS(=O)(=O)c5cnn(C)c5)c4F)nn3)cc12. The van der Waals surface area contributed by atoms with Crippen LogP contribution in [0.15, 0.2) is 47.9 Å². The summed E-state index contributed by atoms with van der Waals surface area (Å²) in [5, 5.41) is 18.8. The lowest BCUT2D eigenvalue weighted by Crippen LogP contribution is -2.15. The molecule has 4 heterocycles. The van der Waals surface area contributed by atoms with Gasteiger partial charge in [0, 0.05) is 25.0 Å². The first-order chi connectivity index (χ1) is 16.3. The molecular formula is C19H15F2N9O3S. The van der Waals surface area contributed by atoms with Gasteiger partial charge in [-0.3, -0.25) is 14.5 Å². The van der Waals surface area contributed by atoms with Gasteiger partial charge in [0.05, 0.1) is 30.6 Å². The number of ether oxygens (including phenoxy) is 1. The molecule has 15 heteroatoms. The maximum Gasteiger partial charge on any atom is 0.265 e. The van der Waals surface area contributed by atoms with Crippen molar-refractivity contribution >= 4 is 26.7 Å². The van der Waals surface area contributed by atoms with E-state index >= 15 is 4.39 Å². The molecule has 0 aliphatic carbocycles. The fraction of sp³-hybridized carbons (Fsp3) is 0.105. The van der Waals surface area contributed by atoms with E-state index in [1.807, 2.05) is 0 Å². The number of methoxy groups -OCH3 is 1. The van der Waals surface area contributed by atoms with Gasteiger partial charge in [0.2, 0.25) is 5.88 Å². The van der Waals surface area contributed by atoms with Gasteiger partial charge in [-0.1, -0.05) is 5.21 Å². The fourth-order valence-electron chi connectivity index (χ4n) is 3.25. The molecule has 0 atom stereocenters. The molecule has 34 heavy (non-hydrogen) atoms. The molecule has 2 N–H and O–H groups in total. The molecule has 0 fully saturated rings. The first-order valence-electron chi connectivity index (χ1n) is 9.57. The number of aromatic amines is 1. The van der Waals surface area contributed by atoms with Crippen LogP contribution < -0.4 is 9.46 Å². The number of halogens is 2. The van der Waals surface area contributed by atoms with E-state index in [-0.39, 0.29) is 10.6 Å². The van der Waals surface area contributed by atoms with Crippen LogP contribution in [0.3, 0.4) is 0 Å². The van der Waals surface area contributed by atoms with E-state index in [0.717, 1.165) is 23.0 Å². The summed E-state index contributed by atoms with van der Waals surface area (Å²) in [7, 11) is -1.16. The number of pyridine rings is 1. The third kappa shape index (κ3) is 3.61. The first-order valence-corrected chi connectivity index (χ1v) is 11.1. The van der Waals surface area contributed by atoms with Crippen LogP contribution in [0.4, 0.5) is 14.5 Å². The molecule has 5 aromatic rings. The lowest BCUT2D eigenvalue weighted by Gasteiger charge is -2.11. The largest absolute Gasteiger partial charge is 0.479 e. The number of hydrogen-bond donors (Lipinski definition) is 2. The molecule has 1 aromatic carbocycles. The van der Waals surface area contributed by atoms with Crippen LogP contribution in [0.25, 0.3) is 28.0 Å². The summed E-state index contributed by atoms with van der Waals surface area (Å²) in [5.41, 5.74) is 0.160. The van der Waals surface area contributed by atoms with E-state index in [0.29, 0.717) is 22.5 Å². The number of sulfonamides is 1. The second kappa shape index (κ2) is 7.87. The molecule has 0 unspecified atom stereocenters. The Bertz CT molecular complexity index is 1640. The van der Waals surface area contributed by atoms with Crippen LogP contribution in [0.2, 0.25) is 0 Å². The van der Waals surface area contributed by atoms with Crippen molar-refractivity contribution < 1.29 is 21.9 Å². The van der Waals surface area contributed by atoms with Gasteiger partial charge in [0.25, 0.3) is 10.0 Å². The molecular weight excluding hydrogens is 472 g/mol. The van der Waals surface area contributed by atoms with Gasteiger partial charge in [-0.15, -0.1) is 10.2 Å². The number of nitrogens with one attached hydrogen (secondary N) is 2. The summed E-state index contributed by atoms with van der Waals surface area (Å²) in [5.74, 6) is -1.82. The lowest BCUT2D eigenvalue weighted by molar-refractivity contribution is 0.401. The minimum absolute atomic E-state index is 0.180. The van der Waals surface area contributed by atoms with E-state index in [1.54, 1.807) is 6.07 Å². The predicted octanol–water partition coefficient (Wildman–Crippen LogP) is 2.03. The molecule has 5 rings (SSSR count). The standard InChI is InChI=1S/C19H15F2N9O3S/c1-29-8-11(7-23-29)34(31,32)27-14-4-3-13(20)17(16(14)21)30-9-15(24-28-30)10-5-12-18(22-6-10)25-26-19(12)33-2/h3-9,27H,1-2H3,(H,22,25,26). The van der Waals surface area contributed by atoms with Crippen molar-refractivity contribution in [3.63, 3.8) is 0 Å². The summed E-state index contributed by atoms with van der Waals surface area (Å²) in [6.45, 7) is 0. The Hall–Kier alpha value is -4.40. The molecule has 0 saturated heterocycles. The average molecular weight is 487 g/mol. The van der Waals surface area contributed by atoms with Crippen LogP contribution in [0, 0.1) is 11.6 Å². The predicted molar refractivity (Wildman–Crippen MR) is 115 cm³/mol. The topological polar surface area (TPSA) is 145 Å². The Kier molecular flexibility index (Phi) is 4.97. The van der Waals surface area contributed by atoms with Crippen LogP contribution in [-0.4, -0.2) is 55.5 Å². The average Bonchev–Trinajstić information content (AvgIpc) is 3.55. The minimum atomic E-state index is -4.16. The minimum Gasteiger partial charge on any atom is -0.479 e. The summed E-state index contributed by atoms with van der Waals surface area (Å²) >= 11 is 0. The van der Waals surface area contributed by atoms with E-state index in [1.165, 1.54) is 37.4 Å². The number of H-pyrrole nitrogens is 1. The van der Waals surface area contributed by atoms with Gasteiger partial charge in [0.1, 0.15) is 16.3 Å². The second-order valence-electron chi connectivity index (χ2n) is 7.11. The number of aryl methyl sites for hydroxylation is 1. The smallest absolute Gasteiger partial charge is 0.265 e. The van der Waals surface area contributed by atoms with Crippen molar-refractivity contribution in [3.05, 3.63) is 54.6 Å². The molecule has 0 saturated carbocycles. The number of aromatic nitrogens is 8. The van der Waals surface area contributed by atoms with Gasteiger partial charge >= 0.3 is 0 Å². The highest BCUT2D eigenvalue weighted by molar-refractivity contribution is 7.92.